The summed E-state index contributed by atoms with van der Waals surface area (Å²) in [6, 6.07) is 9.30. The van der Waals surface area contributed by atoms with Crippen LogP contribution in [0.4, 0.5) is 0 Å². The lowest BCUT2D eigenvalue weighted by atomic mass is 10.2. The summed E-state index contributed by atoms with van der Waals surface area (Å²) in [5.41, 5.74) is 0.213. The van der Waals surface area contributed by atoms with Crippen LogP contribution in [0.25, 0.3) is 0 Å². The summed E-state index contributed by atoms with van der Waals surface area (Å²) in [5, 5.41) is 0.324. The van der Waals surface area contributed by atoms with Crippen LogP contribution >= 0.6 is 0 Å². The molecule has 0 N–H and O–H groups in total. The van der Waals surface area contributed by atoms with Crippen LogP contribution in [-0.2, 0) is 20.3 Å². The predicted molar refractivity (Wildman–Crippen MR) is 82.6 cm³/mol. The van der Waals surface area contributed by atoms with E-state index in [1.165, 1.54) is 31.3 Å². The summed E-state index contributed by atoms with van der Waals surface area (Å²) in [6.07, 6.45) is 1.52. The minimum Gasteiger partial charge on any atom is -0.462 e. The van der Waals surface area contributed by atoms with Crippen molar-refractivity contribution < 1.29 is 23.3 Å². The Hall–Kier alpha value is -2.54. The summed E-state index contributed by atoms with van der Waals surface area (Å²) >= 11 is 0. The molecule has 0 fully saturated rings. The van der Waals surface area contributed by atoms with Crippen LogP contribution in [0, 0.1) is 0 Å². The quantitative estimate of drug-likeness (QED) is 0.617. The molecular formula is C16H15NO5S. The van der Waals surface area contributed by atoms with Crippen LogP contribution in [0.3, 0.4) is 0 Å². The van der Waals surface area contributed by atoms with E-state index in [9.17, 15) is 13.8 Å². The van der Waals surface area contributed by atoms with E-state index >= 15 is 0 Å². The van der Waals surface area contributed by atoms with Crippen molar-refractivity contribution in [3.8, 4) is 5.75 Å². The predicted octanol–water partition coefficient (Wildman–Crippen LogP) is 2.35. The van der Waals surface area contributed by atoms with E-state index in [1.807, 2.05) is 0 Å². The van der Waals surface area contributed by atoms with Gasteiger partial charge in [0, 0.05) is 13.1 Å². The van der Waals surface area contributed by atoms with Crippen molar-refractivity contribution in [2.75, 3.05) is 6.61 Å². The van der Waals surface area contributed by atoms with Crippen LogP contribution in [0.1, 0.15) is 24.2 Å². The van der Waals surface area contributed by atoms with E-state index in [0.717, 1.165) is 0 Å². The first-order valence-electron chi connectivity index (χ1n) is 6.85. The monoisotopic (exact) mass is 333 g/mol. The molecule has 1 aromatic carbocycles. The Kier molecular flexibility index (Phi) is 5.59. The Bertz CT molecular complexity index is 745. The zero-order valence-corrected chi connectivity index (χ0v) is 13.5. The molecule has 0 bridgehead atoms. The average molecular weight is 333 g/mol. The summed E-state index contributed by atoms with van der Waals surface area (Å²) in [7, 11) is -1.64. The maximum atomic E-state index is 12.6. The maximum Gasteiger partial charge on any atom is 0.338 e. The van der Waals surface area contributed by atoms with Gasteiger partial charge >= 0.3 is 11.9 Å². The van der Waals surface area contributed by atoms with Gasteiger partial charge in [-0.15, -0.1) is 0 Å². The van der Waals surface area contributed by atoms with E-state index in [-0.39, 0.29) is 22.8 Å². The van der Waals surface area contributed by atoms with Gasteiger partial charge in [-0.3, -0.25) is 4.79 Å². The molecule has 2 aromatic rings. The number of pyridine rings is 1. The Balaban J connectivity index is 2.44. The number of rotatable bonds is 5. The average Bonchev–Trinajstić information content (AvgIpc) is 2.54. The highest BCUT2D eigenvalue weighted by molar-refractivity contribution is 7.85. The first-order valence-corrected chi connectivity index (χ1v) is 8.00. The molecule has 0 saturated heterocycles. The summed E-state index contributed by atoms with van der Waals surface area (Å²) < 4.78 is 22.6. The molecule has 1 unspecified atom stereocenters. The lowest BCUT2D eigenvalue weighted by Gasteiger charge is -2.10. The lowest BCUT2D eigenvalue weighted by Crippen LogP contribution is -2.09. The normalized spacial score (nSPS) is 11.6. The fraction of sp³-hybridized carbons (Fsp3) is 0.188. The third-order valence-corrected chi connectivity index (χ3v) is 4.09. The molecule has 0 radical (unpaired) electrons. The highest BCUT2D eigenvalue weighted by Gasteiger charge is 2.18. The molecule has 0 spiro atoms. The number of benzene rings is 1. The number of ether oxygens (including phenoxy) is 2. The third-order valence-electron chi connectivity index (χ3n) is 2.74. The lowest BCUT2D eigenvalue weighted by molar-refractivity contribution is -0.132. The molecule has 1 aromatic heterocycles. The van der Waals surface area contributed by atoms with Gasteiger partial charge < -0.3 is 9.47 Å². The van der Waals surface area contributed by atoms with Crippen LogP contribution in [0.2, 0.25) is 0 Å². The molecule has 23 heavy (non-hydrogen) atoms. The largest absolute Gasteiger partial charge is 0.462 e. The molecule has 1 atom stereocenters. The standard InChI is InChI=1S/C16H15NO5S/c1-3-21-16(19)12-7-8-14(13(10-12)22-11(2)18)23(20)15-6-4-5-9-17-15/h4-10H,3H2,1-2H3. The number of carbonyl (C=O) groups excluding carboxylic acids is 2. The van der Waals surface area contributed by atoms with E-state index in [2.05, 4.69) is 4.98 Å². The van der Waals surface area contributed by atoms with E-state index in [1.54, 1.807) is 25.1 Å². The molecule has 0 aliphatic heterocycles. The topological polar surface area (TPSA) is 82.6 Å². The highest BCUT2D eigenvalue weighted by Crippen LogP contribution is 2.27. The molecule has 0 amide bonds. The van der Waals surface area contributed by atoms with Crippen LogP contribution in [0.15, 0.2) is 52.5 Å². The fourth-order valence-electron chi connectivity index (χ4n) is 1.81. The van der Waals surface area contributed by atoms with Gasteiger partial charge in [-0.25, -0.2) is 14.0 Å². The Morgan fingerprint density at radius 2 is 2.00 bits per heavy atom. The van der Waals surface area contributed by atoms with Crippen molar-refractivity contribution in [3.63, 3.8) is 0 Å². The second-order valence-corrected chi connectivity index (χ2v) is 5.81. The highest BCUT2D eigenvalue weighted by atomic mass is 32.2. The second kappa shape index (κ2) is 7.64. The number of hydrogen-bond donors (Lipinski definition) is 0. The van der Waals surface area contributed by atoms with Crippen molar-refractivity contribution >= 4 is 22.7 Å². The summed E-state index contributed by atoms with van der Waals surface area (Å²) in [5.74, 6) is -1.08. The molecule has 0 aliphatic rings. The first kappa shape index (κ1) is 16.8. The minimum absolute atomic E-state index is 0.0482. The Morgan fingerprint density at radius 1 is 1.22 bits per heavy atom. The van der Waals surface area contributed by atoms with Gasteiger partial charge in [0.25, 0.3) is 0 Å². The van der Waals surface area contributed by atoms with Gasteiger partial charge in [-0.2, -0.15) is 0 Å². The molecule has 6 nitrogen and oxygen atoms in total. The van der Waals surface area contributed by atoms with Crippen LogP contribution < -0.4 is 4.74 Å². The summed E-state index contributed by atoms with van der Waals surface area (Å²) in [4.78, 5) is 27.3. The molecule has 2 rings (SSSR count). The molecule has 1 heterocycles. The van der Waals surface area contributed by atoms with Crippen molar-refractivity contribution in [2.45, 2.75) is 23.8 Å². The van der Waals surface area contributed by atoms with Crippen LogP contribution in [0.5, 0.6) is 5.75 Å². The molecule has 7 heteroatoms. The SMILES string of the molecule is CCOC(=O)c1ccc(S(=O)c2ccccn2)c(OC(C)=O)c1. The minimum atomic E-state index is -1.64. The summed E-state index contributed by atoms with van der Waals surface area (Å²) in [6.45, 7) is 3.14. The first-order chi connectivity index (χ1) is 11.0. The van der Waals surface area contributed by atoms with E-state index in [0.29, 0.717) is 5.03 Å². The zero-order valence-electron chi connectivity index (χ0n) is 12.6. The van der Waals surface area contributed by atoms with Gasteiger partial charge in [0.15, 0.2) is 0 Å². The van der Waals surface area contributed by atoms with Gasteiger partial charge in [0.2, 0.25) is 0 Å². The number of aromatic nitrogens is 1. The Morgan fingerprint density at radius 3 is 2.61 bits per heavy atom. The smallest absolute Gasteiger partial charge is 0.338 e. The van der Waals surface area contributed by atoms with Gasteiger partial charge in [0.05, 0.1) is 17.1 Å². The maximum absolute atomic E-state index is 12.6. The fourth-order valence-corrected chi connectivity index (χ4v) is 2.87. The number of carbonyl (C=O) groups is 2. The second-order valence-electron chi connectivity index (χ2n) is 4.41. The molecule has 120 valence electrons. The number of hydrogen-bond acceptors (Lipinski definition) is 6. The Labute approximate surface area is 135 Å². The van der Waals surface area contributed by atoms with Crippen molar-refractivity contribution in [1.82, 2.24) is 4.98 Å². The molecule has 0 aliphatic carbocycles. The van der Waals surface area contributed by atoms with Crippen molar-refractivity contribution in [1.29, 1.82) is 0 Å². The van der Waals surface area contributed by atoms with E-state index in [4.69, 9.17) is 9.47 Å². The van der Waals surface area contributed by atoms with Crippen molar-refractivity contribution in [3.05, 3.63) is 48.2 Å². The van der Waals surface area contributed by atoms with Crippen LogP contribution in [-0.4, -0.2) is 27.7 Å². The van der Waals surface area contributed by atoms with Gasteiger partial charge in [-0.1, -0.05) is 6.07 Å². The van der Waals surface area contributed by atoms with Crippen molar-refractivity contribution in [2.24, 2.45) is 0 Å². The van der Waals surface area contributed by atoms with Gasteiger partial charge in [0.1, 0.15) is 21.6 Å². The number of esters is 2. The van der Waals surface area contributed by atoms with Gasteiger partial charge in [-0.05, 0) is 37.3 Å². The third kappa shape index (κ3) is 4.23. The number of nitrogens with zero attached hydrogens (tertiary/aromatic N) is 1. The molecule has 0 saturated carbocycles. The molecular weight excluding hydrogens is 318 g/mol. The zero-order chi connectivity index (χ0) is 16.8. The van der Waals surface area contributed by atoms with E-state index < -0.39 is 22.7 Å².